The lowest BCUT2D eigenvalue weighted by Gasteiger charge is -2.45. The molecule has 2 N–H and O–H groups in total. The minimum absolute atomic E-state index is 0.110. The Morgan fingerprint density at radius 1 is 1.22 bits per heavy atom. The number of rotatable bonds is 4. The first kappa shape index (κ1) is 16.9. The van der Waals surface area contributed by atoms with Gasteiger partial charge >= 0.3 is 0 Å². The minimum atomic E-state index is 0.110. The molecule has 0 amide bonds. The first-order valence-electron chi connectivity index (χ1n) is 8.99. The van der Waals surface area contributed by atoms with Gasteiger partial charge in [-0.15, -0.1) is 0 Å². The lowest BCUT2D eigenvalue weighted by atomic mass is 9.93. The zero-order valence-corrected chi connectivity index (χ0v) is 14.5. The lowest BCUT2D eigenvalue weighted by Crippen LogP contribution is -2.57. The van der Waals surface area contributed by atoms with Crippen LogP contribution in [-0.2, 0) is 11.3 Å². The molecule has 4 atom stereocenters. The summed E-state index contributed by atoms with van der Waals surface area (Å²) in [4.78, 5) is 5.23. The molecule has 0 bridgehead atoms. The highest BCUT2D eigenvalue weighted by molar-refractivity contribution is 5.14. The van der Waals surface area contributed by atoms with Crippen LogP contribution in [0.5, 0.6) is 0 Å². The first-order valence-corrected chi connectivity index (χ1v) is 8.99. The van der Waals surface area contributed by atoms with Crippen molar-refractivity contribution in [2.24, 2.45) is 11.7 Å². The summed E-state index contributed by atoms with van der Waals surface area (Å²) in [5.41, 5.74) is 7.47. The topological polar surface area (TPSA) is 41.7 Å². The van der Waals surface area contributed by atoms with E-state index in [2.05, 4.69) is 54.0 Å². The molecule has 0 spiro atoms. The fraction of sp³-hybridized carbons (Fsp3) is 0.684. The predicted molar refractivity (Wildman–Crippen MR) is 94.3 cm³/mol. The molecule has 2 saturated heterocycles. The number of hydrogen-bond acceptors (Lipinski definition) is 4. The molecule has 2 heterocycles. The Balaban J connectivity index is 1.61. The van der Waals surface area contributed by atoms with Crippen LogP contribution in [0, 0.1) is 5.92 Å². The molecule has 128 valence electrons. The Morgan fingerprint density at radius 2 is 2.00 bits per heavy atom. The van der Waals surface area contributed by atoms with Gasteiger partial charge in [0, 0.05) is 44.8 Å². The van der Waals surface area contributed by atoms with Crippen molar-refractivity contribution in [2.75, 3.05) is 32.8 Å². The highest BCUT2D eigenvalue weighted by atomic mass is 16.5. The standard InChI is InChI=1S/C19H31N3O/c1-15-10-18(22-8-9-23-19(14-22)16(2)20)13-21(11-15)12-17-6-4-3-5-7-17/h3-7,15-16,18-19H,8-14,20H2,1-2H3. The van der Waals surface area contributed by atoms with E-state index in [4.69, 9.17) is 10.5 Å². The van der Waals surface area contributed by atoms with Crippen molar-refractivity contribution < 1.29 is 4.74 Å². The molecular formula is C19H31N3O. The Kier molecular flexibility index (Phi) is 5.70. The predicted octanol–water partition coefficient (Wildman–Crippen LogP) is 1.95. The van der Waals surface area contributed by atoms with E-state index in [1.807, 2.05) is 0 Å². The second kappa shape index (κ2) is 7.75. The smallest absolute Gasteiger partial charge is 0.0850 e. The Labute approximate surface area is 140 Å². The number of hydrogen-bond donors (Lipinski definition) is 1. The number of nitrogens with zero attached hydrogens (tertiary/aromatic N) is 2. The first-order chi connectivity index (χ1) is 11.1. The maximum absolute atomic E-state index is 6.05. The largest absolute Gasteiger partial charge is 0.374 e. The zero-order chi connectivity index (χ0) is 16.2. The molecule has 1 aromatic rings. The van der Waals surface area contributed by atoms with Crippen LogP contribution >= 0.6 is 0 Å². The van der Waals surface area contributed by atoms with E-state index in [0.717, 1.165) is 38.7 Å². The van der Waals surface area contributed by atoms with E-state index in [0.29, 0.717) is 6.04 Å². The molecule has 4 heteroatoms. The second-order valence-corrected chi connectivity index (χ2v) is 7.44. The maximum atomic E-state index is 6.05. The molecule has 2 fully saturated rings. The molecular weight excluding hydrogens is 286 g/mol. The van der Waals surface area contributed by atoms with Gasteiger partial charge in [0.15, 0.2) is 0 Å². The summed E-state index contributed by atoms with van der Waals surface area (Å²) in [7, 11) is 0. The van der Waals surface area contributed by atoms with Crippen LogP contribution in [0.3, 0.4) is 0 Å². The van der Waals surface area contributed by atoms with Gasteiger partial charge in [0.25, 0.3) is 0 Å². The van der Waals surface area contributed by atoms with Crippen LogP contribution in [0.1, 0.15) is 25.8 Å². The summed E-state index contributed by atoms with van der Waals surface area (Å²) < 4.78 is 5.83. The fourth-order valence-electron chi connectivity index (χ4n) is 4.01. The third-order valence-electron chi connectivity index (χ3n) is 5.19. The molecule has 0 radical (unpaired) electrons. The SMILES string of the molecule is CC1CC(N2CCOC(C(C)N)C2)CN(Cc2ccccc2)C1. The summed E-state index contributed by atoms with van der Waals surface area (Å²) >= 11 is 0. The fourth-order valence-corrected chi connectivity index (χ4v) is 4.01. The summed E-state index contributed by atoms with van der Waals surface area (Å²) in [5, 5.41) is 0. The molecule has 23 heavy (non-hydrogen) atoms. The number of nitrogens with two attached hydrogens (primary N) is 1. The van der Waals surface area contributed by atoms with Crippen LogP contribution < -0.4 is 5.73 Å². The van der Waals surface area contributed by atoms with Crippen LogP contribution in [0.15, 0.2) is 30.3 Å². The number of piperidine rings is 1. The number of likely N-dealkylation sites (tertiary alicyclic amines) is 1. The molecule has 1 aromatic carbocycles. The van der Waals surface area contributed by atoms with Crippen molar-refractivity contribution in [3.05, 3.63) is 35.9 Å². The molecule has 0 aliphatic carbocycles. The van der Waals surface area contributed by atoms with Gasteiger partial charge in [-0.3, -0.25) is 9.80 Å². The third-order valence-corrected chi connectivity index (χ3v) is 5.19. The molecule has 0 saturated carbocycles. The average Bonchev–Trinajstić information content (AvgIpc) is 2.55. The Hall–Kier alpha value is -0.940. The van der Waals surface area contributed by atoms with Crippen molar-refractivity contribution in [2.45, 2.75) is 45.0 Å². The van der Waals surface area contributed by atoms with Crippen LogP contribution in [0.4, 0.5) is 0 Å². The van der Waals surface area contributed by atoms with Crippen molar-refractivity contribution >= 4 is 0 Å². The van der Waals surface area contributed by atoms with Crippen molar-refractivity contribution in [3.8, 4) is 0 Å². The van der Waals surface area contributed by atoms with Gasteiger partial charge in [0.2, 0.25) is 0 Å². The van der Waals surface area contributed by atoms with Gasteiger partial charge in [0.1, 0.15) is 0 Å². The Bertz CT molecular complexity index is 479. The normalized spacial score (nSPS) is 31.9. The van der Waals surface area contributed by atoms with E-state index in [1.165, 1.54) is 18.5 Å². The van der Waals surface area contributed by atoms with E-state index in [-0.39, 0.29) is 12.1 Å². The molecule has 3 rings (SSSR count). The summed E-state index contributed by atoms with van der Waals surface area (Å²) in [5.74, 6) is 0.744. The van der Waals surface area contributed by atoms with Gasteiger partial charge in [0.05, 0.1) is 12.7 Å². The molecule has 0 aromatic heterocycles. The van der Waals surface area contributed by atoms with E-state index in [1.54, 1.807) is 0 Å². The highest BCUT2D eigenvalue weighted by Crippen LogP contribution is 2.24. The zero-order valence-electron chi connectivity index (χ0n) is 14.5. The van der Waals surface area contributed by atoms with Crippen LogP contribution in [-0.4, -0.2) is 60.8 Å². The van der Waals surface area contributed by atoms with Crippen molar-refractivity contribution in [3.63, 3.8) is 0 Å². The third kappa shape index (κ3) is 4.54. The van der Waals surface area contributed by atoms with Crippen LogP contribution in [0.2, 0.25) is 0 Å². The minimum Gasteiger partial charge on any atom is -0.374 e. The van der Waals surface area contributed by atoms with E-state index < -0.39 is 0 Å². The quantitative estimate of drug-likeness (QED) is 0.921. The number of ether oxygens (including phenoxy) is 1. The van der Waals surface area contributed by atoms with Crippen LogP contribution in [0.25, 0.3) is 0 Å². The molecule has 4 unspecified atom stereocenters. The van der Waals surface area contributed by atoms with Gasteiger partial charge in [-0.2, -0.15) is 0 Å². The Morgan fingerprint density at radius 3 is 2.74 bits per heavy atom. The van der Waals surface area contributed by atoms with Crippen molar-refractivity contribution in [1.29, 1.82) is 0 Å². The average molecular weight is 317 g/mol. The molecule has 2 aliphatic heterocycles. The van der Waals surface area contributed by atoms with Gasteiger partial charge in [-0.05, 0) is 24.8 Å². The summed E-state index contributed by atoms with van der Waals surface area (Å²) in [6.07, 6.45) is 1.47. The van der Waals surface area contributed by atoms with Gasteiger partial charge in [-0.25, -0.2) is 0 Å². The number of morpholine rings is 1. The second-order valence-electron chi connectivity index (χ2n) is 7.44. The van der Waals surface area contributed by atoms with Gasteiger partial charge in [-0.1, -0.05) is 37.3 Å². The number of benzene rings is 1. The molecule has 2 aliphatic rings. The summed E-state index contributed by atoms with van der Waals surface area (Å²) in [6.45, 7) is 10.7. The van der Waals surface area contributed by atoms with Gasteiger partial charge < -0.3 is 10.5 Å². The highest BCUT2D eigenvalue weighted by Gasteiger charge is 2.33. The van der Waals surface area contributed by atoms with E-state index in [9.17, 15) is 0 Å². The van der Waals surface area contributed by atoms with E-state index >= 15 is 0 Å². The lowest BCUT2D eigenvalue weighted by molar-refractivity contribution is -0.0654. The van der Waals surface area contributed by atoms with Crippen molar-refractivity contribution in [1.82, 2.24) is 9.80 Å². The monoisotopic (exact) mass is 317 g/mol. The molecule has 4 nitrogen and oxygen atoms in total. The summed E-state index contributed by atoms with van der Waals surface area (Å²) in [6, 6.07) is 11.6. The maximum Gasteiger partial charge on any atom is 0.0850 e.